The molecule has 7 heteroatoms. The Labute approximate surface area is 230 Å². The van der Waals surface area contributed by atoms with Gasteiger partial charge in [0, 0.05) is 28.5 Å². The minimum atomic E-state index is -0.671. The summed E-state index contributed by atoms with van der Waals surface area (Å²) in [6.07, 6.45) is 2.28. The molecule has 3 aromatic rings. The summed E-state index contributed by atoms with van der Waals surface area (Å²) in [5.74, 6) is 0.210. The first-order valence-corrected chi connectivity index (χ1v) is 13.7. The molecule has 0 aliphatic heterocycles. The van der Waals surface area contributed by atoms with Gasteiger partial charge in [0.1, 0.15) is 11.8 Å². The second-order valence-corrected chi connectivity index (χ2v) is 10.5. The number of amides is 2. The number of halogens is 2. The summed E-state index contributed by atoms with van der Waals surface area (Å²) in [6.45, 7) is 4.77. The van der Waals surface area contributed by atoms with Crippen molar-refractivity contribution in [3.63, 3.8) is 0 Å². The Morgan fingerprint density at radius 2 is 1.69 bits per heavy atom. The van der Waals surface area contributed by atoms with Crippen molar-refractivity contribution in [2.24, 2.45) is 0 Å². The molecule has 0 radical (unpaired) electrons. The molecule has 5 nitrogen and oxygen atoms in total. The fraction of sp³-hybridized carbons (Fsp3) is 0.310. The van der Waals surface area contributed by atoms with E-state index in [2.05, 4.69) is 44.1 Å². The Hall–Kier alpha value is -2.64. The Morgan fingerprint density at radius 1 is 0.972 bits per heavy atom. The summed E-state index contributed by atoms with van der Waals surface area (Å²) < 4.78 is 7.80. The van der Waals surface area contributed by atoms with Gasteiger partial charge in [0.05, 0.1) is 0 Å². The maximum Gasteiger partial charge on any atom is 0.261 e. The first-order chi connectivity index (χ1) is 17.4. The van der Waals surface area contributed by atoms with Crippen LogP contribution in [0.25, 0.3) is 0 Å². The van der Waals surface area contributed by atoms with E-state index < -0.39 is 6.04 Å². The summed E-state index contributed by atoms with van der Waals surface area (Å²) in [6, 6.07) is 22.5. The average Bonchev–Trinajstić information content (AvgIpc) is 2.88. The van der Waals surface area contributed by atoms with Gasteiger partial charge >= 0.3 is 0 Å². The Bertz CT molecular complexity index is 1140. The number of ether oxygens (including phenoxy) is 1. The van der Waals surface area contributed by atoms with E-state index in [0.717, 1.165) is 38.5 Å². The number of benzene rings is 3. The van der Waals surface area contributed by atoms with E-state index in [0.29, 0.717) is 25.3 Å². The van der Waals surface area contributed by atoms with Crippen molar-refractivity contribution in [1.82, 2.24) is 10.2 Å². The van der Waals surface area contributed by atoms with Crippen LogP contribution in [0, 0.1) is 6.92 Å². The number of hydrogen-bond donors (Lipinski definition) is 1. The number of carbonyl (C=O) groups excluding carboxylic acids is 2. The number of rotatable bonds is 12. The van der Waals surface area contributed by atoms with Crippen LogP contribution in [0.1, 0.15) is 36.5 Å². The lowest BCUT2D eigenvalue weighted by Gasteiger charge is -2.31. The van der Waals surface area contributed by atoms with Crippen LogP contribution in [-0.4, -0.2) is 35.9 Å². The normalized spacial score (nSPS) is 11.6. The molecule has 0 bridgehead atoms. The van der Waals surface area contributed by atoms with Crippen LogP contribution in [0.5, 0.6) is 5.75 Å². The summed E-state index contributed by atoms with van der Waals surface area (Å²) in [7, 11) is 0. The first-order valence-electron chi connectivity index (χ1n) is 12.1. The fourth-order valence-corrected chi connectivity index (χ4v) is 4.29. The molecule has 3 rings (SSSR count). The number of nitrogens with zero attached hydrogens (tertiary/aromatic N) is 1. The second-order valence-electron chi connectivity index (χ2n) is 8.70. The van der Waals surface area contributed by atoms with E-state index in [1.165, 1.54) is 0 Å². The first kappa shape index (κ1) is 27.9. The molecule has 3 aromatic carbocycles. The molecular formula is C29H32Br2N2O3. The number of carbonyl (C=O) groups is 2. The van der Waals surface area contributed by atoms with Crippen LogP contribution in [-0.2, 0) is 22.6 Å². The van der Waals surface area contributed by atoms with Crippen LogP contribution < -0.4 is 10.1 Å². The second kappa shape index (κ2) is 14.2. The molecule has 0 saturated heterocycles. The van der Waals surface area contributed by atoms with Crippen molar-refractivity contribution in [1.29, 1.82) is 0 Å². The van der Waals surface area contributed by atoms with Gasteiger partial charge < -0.3 is 15.0 Å². The zero-order valence-corrected chi connectivity index (χ0v) is 23.8. The number of aryl methyl sites for hydroxylation is 1. The SMILES string of the molecule is CCCCNC(=O)[C@@H](Cc1ccccc1)N(Cc1ccc(Br)cc1)C(=O)COc1ccc(Br)c(C)c1. The topological polar surface area (TPSA) is 58.6 Å². The van der Waals surface area contributed by atoms with Gasteiger partial charge in [-0.1, -0.05) is 87.7 Å². The highest BCUT2D eigenvalue weighted by atomic mass is 79.9. The van der Waals surface area contributed by atoms with E-state index >= 15 is 0 Å². The molecule has 0 saturated carbocycles. The van der Waals surface area contributed by atoms with E-state index in [1.807, 2.05) is 79.7 Å². The smallest absolute Gasteiger partial charge is 0.261 e. The maximum atomic E-state index is 13.6. The van der Waals surface area contributed by atoms with Crippen molar-refractivity contribution in [3.05, 3.63) is 98.4 Å². The van der Waals surface area contributed by atoms with Gasteiger partial charge in [-0.2, -0.15) is 0 Å². The molecule has 0 aliphatic rings. The van der Waals surface area contributed by atoms with Gasteiger partial charge in [0.15, 0.2) is 6.61 Å². The molecule has 0 aliphatic carbocycles. The van der Waals surface area contributed by atoms with Gasteiger partial charge in [0.25, 0.3) is 5.91 Å². The number of unbranched alkanes of at least 4 members (excludes halogenated alkanes) is 1. The van der Waals surface area contributed by atoms with Crippen LogP contribution in [0.15, 0.2) is 81.7 Å². The van der Waals surface area contributed by atoms with E-state index in [-0.39, 0.29) is 18.4 Å². The lowest BCUT2D eigenvalue weighted by Crippen LogP contribution is -2.51. The predicted molar refractivity (Wildman–Crippen MR) is 151 cm³/mol. The summed E-state index contributed by atoms with van der Waals surface area (Å²) >= 11 is 6.95. The molecule has 0 fully saturated rings. The summed E-state index contributed by atoms with van der Waals surface area (Å²) in [5, 5.41) is 3.04. The molecule has 0 spiro atoms. The zero-order valence-electron chi connectivity index (χ0n) is 20.7. The highest BCUT2D eigenvalue weighted by Crippen LogP contribution is 2.22. The van der Waals surface area contributed by atoms with Gasteiger partial charge in [-0.3, -0.25) is 9.59 Å². The Morgan fingerprint density at radius 3 is 2.36 bits per heavy atom. The molecule has 1 atom stereocenters. The molecule has 0 heterocycles. The zero-order chi connectivity index (χ0) is 25.9. The minimum absolute atomic E-state index is 0.155. The predicted octanol–water partition coefficient (Wildman–Crippen LogP) is 6.46. The third kappa shape index (κ3) is 8.49. The Kier molecular flexibility index (Phi) is 11.0. The van der Waals surface area contributed by atoms with Gasteiger partial charge in [-0.15, -0.1) is 0 Å². The molecule has 190 valence electrons. The van der Waals surface area contributed by atoms with Crippen molar-refractivity contribution in [3.8, 4) is 5.75 Å². The Balaban J connectivity index is 1.88. The highest BCUT2D eigenvalue weighted by Gasteiger charge is 2.30. The van der Waals surface area contributed by atoms with Gasteiger partial charge in [-0.25, -0.2) is 0 Å². The van der Waals surface area contributed by atoms with E-state index in [1.54, 1.807) is 4.90 Å². The van der Waals surface area contributed by atoms with Crippen LogP contribution in [0.4, 0.5) is 0 Å². The third-order valence-corrected chi connectivity index (χ3v) is 7.28. The monoisotopic (exact) mass is 614 g/mol. The average molecular weight is 616 g/mol. The van der Waals surface area contributed by atoms with Crippen LogP contribution >= 0.6 is 31.9 Å². The van der Waals surface area contributed by atoms with Crippen LogP contribution in [0.3, 0.4) is 0 Å². The lowest BCUT2D eigenvalue weighted by atomic mass is 10.0. The quantitative estimate of drug-likeness (QED) is 0.238. The van der Waals surface area contributed by atoms with Crippen molar-refractivity contribution >= 4 is 43.7 Å². The van der Waals surface area contributed by atoms with Crippen LogP contribution in [0.2, 0.25) is 0 Å². The van der Waals surface area contributed by atoms with Gasteiger partial charge in [0.2, 0.25) is 5.91 Å². The van der Waals surface area contributed by atoms with Crippen molar-refractivity contribution < 1.29 is 14.3 Å². The fourth-order valence-electron chi connectivity index (χ4n) is 3.78. The number of nitrogens with one attached hydrogen (secondary N) is 1. The number of hydrogen-bond acceptors (Lipinski definition) is 3. The highest BCUT2D eigenvalue weighted by molar-refractivity contribution is 9.10. The maximum absolute atomic E-state index is 13.6. The molecule has 0 unspecified atom stereocenters. The van der Waals surface area contributed by atoms with E-state index in [4.69, 9.17) is 4.74 Å². The standard InChI is InChI=1S/C29H32Br2N2O3/c1-3-4-16-32-29(35)27(18-22-8-6-5-7-9-22)33(19-23-10-12-24(30)13-11-23)28(34)20-36-25-14-15-26(31)21(2)17-25/h5-15,17,27H,3-4,16,18-20H2,1-2H3,(H,32,35)/t27-/m1/s1. The van der Waals surface area contributed by atoms with E-state index in [9.17, 15) is 9.59 Å². The molecular weight excluding hydrogens is 584 g/mol. The summed E-state index contributed by atoms with van der Waals surface area (Å²) in [5.41, 5.74) is 2.94. The van der Waals surface area contributed by atoms with Crippen molar-refractivity contribution in [2.75, 3.05) is 13.2 Å². The molecule has 36 heavy (non-hydrogen) atoms. The van der Waals surface area contributed by atoms with Crippen molar-refractivity contribution in [2.45, 2.75) is 45.7 Å². The lowest BCUT2D eigenvalue weighted by molar-refractivity contribution is -0.142. The molecule has 2 amide bonds. The third-order valence-electron chi connectivity index (χ3n) is 5.86. The largest absolute Gasteiger partial charge is 0.484 e. The van der Waals surface area contributed by atoms with Gasteiger partial charge in [-0.05, 0) is 60.4 Å². The minimum Gasteiger partial charge on any atom is -0.484 e. The molecule has 1 N–H and O–H groups in total. The summed E-state index contributed by atoms with van der Waals surface area (Å²) in [4.78, 5) is 28.7. The molecule has 0 aromatic heterocycles.